The molecule has 0 aromatic carbocycles. The monoisotopic (exact) mass is 210 g/mol. The zero-order valence-corrected chi connectivity index (χ0v) is 9.14. The molecule has 1 saturated heterocycles. The van der Waals surface area contributed by atoms with E-state index in [2.05, 4.69) is 17.6 Å². The van der Waals surface area contributed by atoms with Gasteiger partial charge in [-0.15, -0.1) is 0 Å². The summed E-state index contributed by atoms with van der Waals surface area (Å²) < 4.78 is 0. The highest BCUT2D eigenvalue weighted by Crippen LogP contribution is 2.31. The van der Waals surface area contributed by atoms with Crippen LogP contribution in [0.5, 0.6) is 0 Å². The van der Waals surface area contributed by atoms with Crippen molar-refractivity contribution in [3.8, 4) is 0 Å². The Hall–Kier alpha value is -1.06. The molecule has 1 aliphatic carbocycles. The first-order valence-electron chi connectivity index (χ1n) is 5.68. The Morgan fingerprint density at radius 3 is 2.73 bits per heavy atom. The van der Waals surface area contributed by atoms with Crippen LogP contribution in [0.25, 0.3) is 0 Å². The Labute approximate surface area is 89.8 Å². The number of hydrogen-bond acceptors (Lipinski definition) is 2. The number of piperidine rings is 1. The van der Waals surface area contributed by atoms with Gasteiger partial charge in [0.1, 0.15) is 0 Å². The molecule has 2 aliphatic rings. The predicted molar refractivity (Wildman–Crippen MR) is 56.1 cm³/mol. The molecule has 1 aliphatic heterocycles. The fraction of sp³-hybridized carbons (Fsp3) is 0.818. The summed E-state index contributed by atoms with van der Waals surface area (Å²) in [7, 11) is 0. The van der Waals surface area contributed by atoms with Gasteiger partial charge in [-0.2, -0.15) is 0 Å². The third-order valence-corrected chi connectivity index (χ3v) is 3.52. The van der Waals surface area contributed by atoms with E-state index in [9.17, 15) is 9.59 Å². The molecule has 2 rings (SSSR count). The smallest absolute Gasteiger partial charge is 0.225 e. The van der Waals surface area contributed by atoms with Crippen LogP contribution in [0.15, 0.2) is 0 Å². The molecular weight excluding hydrogens is 192 g/mol. The first kappa shape index (κ1) is 10.5. The van der Waals surface area contributed by atoms with Crippen molar-refractivity contribution in [3.63, 3.8) is 0 Å². The summed E-state index contributed by atoms with van der Waals surface area (Å²) in [4.78, 5) is 22.8. The van der Waals surface area contributed by atoms with Gasteiger partial charge in [-0.05, 0) is 32.6 Å². The predicted octanol–water partition coefficient (Wildman–Crippen LogP) is 0.571. The van der Waals surface area contributed by atoms with Gasteiger partial charge in [0.15, 0.2) is 0 Å². The van der Waals surface area contributed by atoms with Crippen LogP contribution in [0.1, 0.15) is 39.0 Å². The lowest BCUT2D eigenvalue weighted by Crippen LogP contribution is -2.54. The maximum atomic E-state index is 11.9. The quantitative estimate of drug-likeness (QED) is 0.700. The Morgan fingerprint density at radius 2 is 2.27 bits per heavy atom. The highest BCUT2D eigenvalue weighted by molar-refractivity contribution is 5.84. The van der Waals surface area contributed by atoms with Crippen LogP contribution in [0.3, 0.4) is 0 Å². The van der Waals surface area contributed by atoms with Crippen LogP contribution in [-0.4, -0.2) is 23.9 Å². The van der Waals surface area contributed by atoms with E-state index in [1.54, 1.807) is 0 Å². The van der Waals surface area contributed by atoms with Crippen molar-refractivity contribution in [1.82, 2.24) is 10.6 Å². The summed E-state index contributed by atoms with van der Waals surface area (Å²) in [5.74, 6) is 0.145. The van der Waals surface area contributed by atoms with E-state index in [-0.39, 0.29) is 23.3 Å². The molecule has 4 heteroatoms. The summed E-state index contributed by atoms with van der Waals surface area (Å²) in [6.07, 6.45) is 4.54. The average molecular weight is 210 g/mol. The average Bonchev–Trinajstić information content (AvgIpc) is 2.16. The van der Waals surface area contributed by atoms with Crippen molar-refractivity contribution in [2.24, 2.45) is 5.92 Å². The summed E-state index contributed by atoms with van der Waals surface area (Å²) >= 11 is 0. The van der Waals surface area contributed by atoms with Gasteiger partial charge in [0.25, 0.3) is 0 Å². The van der Waals surface area contributed by atoms with Gasteiger partial charge in [-0.25, -0.2) is 0 Å². The normalized spacial score (nSPS) is 28.9. The number of nitrogens with one attached hydrogen (secondary N) is 2. The number of rotatable bonds is 2. The minimum absolute atomic E-state index is 0.0263. The topological polar surface area (TPSA) is 58.2 Å². The van der Waals surface area contributed by atoms with E-state index < -0.39 is 0 Å². The van der Waals surface area contributed by atoms with Crippen molar-refractivity contribution in [3.05, 3.63) is 0 Å². The SMILES string of the molecule is CC1(NC(=O)C2CCC(=O)NC2)CCC1. The minimum atomic E-state index is -0.0277. The Kier molecular flexibility index (Phi) is 2.67. The maximum Gasteiger partial charge on any atom is 0.225 e. The van der Waals surface area contributed by atoms with Crippen molar-refractivity contribution in [1.29, 1.82) is 0 Å². The van der Waals surface area contributed by atoms with Gasteiger partial charge < -0.3 is 10.6 Å². The van der Waals surface area contributed by atoms with Crippen LogP contribution in [0, 0.1) is 5.92 Å². The molecule has 0 aromatic heterocycles. The summed E-state index contributed by atoms with van der Waals surface area (Å²) in [5.41, 5.74) is 0.0263. The van der Waals surface area contributed by atoms with Gasteiger partial charge in [0.2, 0.25) is 11.8 Å². The molecule has 1 saturated carbocycles. The van der Waals surface area contributed by atoms with E-state index in [0.717, 1.165) is 12.8 Å². The number of amides is 2. The summed E-state index contributed by atoms with van der Waals surface area (Å²) in [5, 5.41) is 5.82. The molecule has 84 valence electrons. The lowest BCUT2D eigenvalue weighted by Gasteiger charge is -2.40. The van der Waals surface area contributed by atoms with Crippen LogP contribution in [0.2, 0.25) is 0 Å². The fourth-order valence-corrected chi connectivity index (χ4v) is 2.19. The molecule has 1 heterocycles. The van der Waals surface area contributed by atoms with Gasteiger partial charge in [0, 0.05) is 18.5 Å². The van der Waals surface area contributed by atoms with Crippen molar-refractivity contribution in [2.75, 3.05) is 6.54 Å². The third kappa shape index (κ3) is 2.30. The molecule has 2 fully saturated rings. The molecule has 1 unspecified atom stereocenters. The van der Waals surface area contributed by atoms with Gasteiger partial charge in [-0.3, -0.25) is 9.59 Å². The van der Waals surface area contributed by atoms with Crippen molar-refractivity contribution < 1.29 is 9.59 Å². The highest BCUT2D eigenvalue weighted by Gasteiger charge is 2.35. The van der Waals surface area contributed by atoms with Gasteiger partial charge >= 0.3 is 0 Å². The Bertz CT molecular complexity index is 274. The molecule has 15 heavy (non-hydrogen) atoms. The highest BCUT2D eigenvalue weighted by atomic mass is 16.2. The van der Waals surface area contributed by atoms with E-state index in [1.807, 2.05) is 0 Å². The lowest BCUT2D eigenvalue weighted by atomic mass is 9.78. The second-order valence-electron chi connectivity index (χ2n) is 4.94. The first-order valence-corrected chi connectivity index (χ1v) is 5.68. The van der Waals surface area contributed by atoms with E-state index in [1.165, 1.54) is 6.42 Å². The minimum Gasteiger partial charge on any atom is -0.355 e. The number of carbonyl (C=O) groups excluding carboxylic acids is 2. The maximum absolute atomic E-state index is 11.9. The largest absolute Gasteiger partial charge is 0.355 e. The first-order chi connectivity index (χ1) is 7.09. The summed E-state index contributed by atoms with van der Waals surface area (Å²) in [6, 6.07) is 0. The number of carbonyl (C=O) groups is 2. The fourth-order valence-electron chi connectivity index (χ4n) is 2.19. The second kappa shape index (κ2) is 3.83. The van der Waals surface area contributed by atoms with Crippen LogP contribution < -0.4 is 10.6 Å². The summed E-state index contributed by atoms with van der Waals surface area (Å²) in [6.45, 7) is 2.59. The standard InChI is InChI=1S/C11H18N2O2/c1-11(5-2-6-11)13-10(15)8-3-4-9(14)12-7-8/h8H,2-7H2,1H3,(H,12,14)(H,13,15). The molecule has 0 bridgehead atoms. The Balaban J connectivity index is 1.83. The number of hydrogen-bond donors (Lipinski definition) is 2. The van der Waals surface area contributed by atoms with Crippen molar-refractivity contribution >= 4 is 11.8 Å². The van der Waals surface area contributed by atoms with E-state index >= 15 is 0 Å². The third-order valence-electron chi connectivity index (χ3n) is 3.52. The van der Waals surface area contributed by atoms with Crippen molar-refractivity contribution in [2.45, 2.75) is 44.6 Å². The van der Waals surface area contributed by atoms with Gasteiger partial charge in [-0.1, -0.05) is 0 Å². The molecule has 2 amide bonds. The Morgan fingerprint density at radius 1 is 1.53 bits per heavy atom. The lowest BCUT2D eigenvalue weighted by molar-refractivity contribution is -0.130. The molecule has 4 nitrogen and oxygen atoms in total. The molecule has 0 aromatic rings. The zero-order chi connectivity index (χ0) is 10.9. The van der Waals surface area contributed by atoms with E-state index in [0.29, 0.717) is 19.4 Å². The molecule has 1 atom stereocenters. The molecule has 0 spiro atoms. The second-order valence-corrected chi connectivity index (χ2v) is 4.94. The van der Waals surface area contributed by atoms with Crippen LogP contribution in [0.4, 0.5) is 0 Å². The molecule has 0 radical (unpaired) electrons. The molecular formula is C11H18N2O2. The zero-order valence-electron chi connectivity index (χ0n) is 9.14. The van der Waals surface area contributed by atoms with Crippen LogP contribution >= 0.6 is 0 Å². The van der Waals surface area contributed by atoms with E-state index in [4.69, 9.17) is 0 Å². The van der Waals surface area contributed by atoms with Gasteiger partial charge in [0.05, 0.1) is 5.92 Å². The van der Waals surface area contributed by atoms with Crippen LogP contribution in [-0.2, 0) is 9.59 Å². The molecule has 2 N–H and O–H groups in total.